The van der Waals surface area contributed by atoms with Gasteiger partial charge in [-0.2, -0.15) is 0 Å². The van der Waals surface area contributed by atoms with Crippen LogP contribution in [0.25, 0.3) is 0 Å². The molecule has 0 saturated carbocycles. The van der Waals surface area contributed by atoms with Gasteiger partial charge in [0.05, 0.1) is 10.5 Å². The number of sulfone groups is 1. The van der Waals surface area contributed by atoms with Crippen LogP contribution in [0.2, 0.25) is 0 Å². The van der Waals surface area contributed by atoms with Crippen molar-refractivity contribution in [2.24, 2.45) is 0 Å². The van der Waals surface area contributed by atoms with Crippen molar-refractivity contribution in [1.82, 2.24) is 0 Å². The second kappa shape index (κ2) is 4.16. The van der Waals surface area contributed by atoms with Crippen LogP contribution in [0.3, 0.4) is 0 Å². The van der Waals surface area contributed by atoms with Crippen LogP contribution < -0.4 is 0 Å². The zero-order chi connectivity index (χ0) is 12.6. The van der Waals surface area contributed by atoms with Gasteiger partial charge in [0, 0.05) is 6.26 Å². The summed E-state index contributed by atoms with van der Waals surface area (Å²) >= 11 is 0. The van der Waals surface area contributed by atoms with Gasteiger partial charge in [0.2, 0.25) is 0 Å². The monoisotopic (exact) mass is 244 g/mol. The third kappa shape index (κ3) is 3.04. The van der Waals surface area contributed by atoms with E-state index in [2.05, 4.69) is 0 Å². The minimum atomic E-state index is -3.22. The Morgan fingerprint density at radius 1 is 1.19 bits per heavy atom. The second-order valence-electron chi connectivity index (χ2n) is 4.40. The highest BCUT2D eigenvalue weighted by Crippen LogP contribution is 2.25. The molecule has 0 aromatic heterocycles. The zero-order valence-electron chi connectivity index (χ0n) is 9.51. The van der Waals surface area contributed by atoms with Gasteiger partial charge in [0.1, 0.15) is 6.10 Å². The third-order valence-electron chi connectivity index (χ3n) is 2.29. The SMILES string of the molecule is CC(C)(O)C(O)c1ccc(S(C)(=O)=O)cc1. The summed E-state index contributed by atoms with van der Waals surface area (Å²) in [5, 5.41) is 19.4. The molecule has 16 heavy (non-hydrogen) atoms. The third-order valence-corrected chi connectivity index (χ3v) is 3.42. The van der Waals surface area contributed by atoms with Crippen LogP contribution in [0.5, 0.6) is 0 Å². The van der Waals surface area contributed by atoms with E-state index in [1.807, 2.05) is 0 Å². The summed E-state index contributed by atoms with van der Waals surface area (Å²) in [6, 6.07) is 5.83. The first-order valence-electron chi connectivity index (χ1n) is 4.83. The van der Waals surface area contributed by atoms with E-state index < -0.39 is 21.5 Å². The highest BCUT2D eigenvalue weighted by atomic mass is 32.2. The van der Waals surface area contributed by atoms with Crippen molar-refractivity contribution in [2.45, 2.75) is 30.4 Å². The average molecular weight is 244 g/mol. The standard InChI is InChI=1S/C11H16O4S/c1-11(2,13)10(12)8-4-6-9(7-5-8)16(3,14)15/h4-7,10,12-13H,1-3H3. The van der Waals surface area contributed by atoms with Crippen molar-refractivity contribution in [1.29, 1.82) is 0 Å². The molecule has 0 amide bonds. The highest BCUT2D eigenvalue weighted by Gasteiger charge is 2.26. The van der Waals surface area contributed by atoms with E-state index in [1.54, 1.807) is 0 Å². The molecular weight excluding hydrogens is 228 g/mol. The smallest absolute Gasteiger partial charge is 0.175 e. The van der Waals surface area contributed by atoms with Crippen LogP contribution in [0, 0.1) is 0 Å². The Balaban J connectivity index is 3.05. The molecule has 0 fully saturated rings. The predicted octanol–water partition coefficient (Wildman–Crippen LogP) is 0.894. The fourth-order valence-corrected chi connectivity index (χ4v) is 1.94. The van der Waals surface area contributed by atoms with E-state index in [0.717, 1.165) is 6.26 Å². The van der Waals surface area contributed by atoms with Crippen molar-refractivity contribution >= 4 is 9.84 Å². The largest absolute Gasteiger partial charge is 0.387 e. The predicted molar refractivity (Wildman–Crippen MR) is 60.8 cm³/mol. The number of aliphatic hydroxyl groups excluding tert-OH is 1. The fourth-order valence-electron chi connectivity index (χ4n) is 1.31. The highest BCUT2D eigenvalue weighted by molar-refractivity contribution is 7.90. The maximum atomic E-state index is 11.2. The van der Waals surface area contributed by atoms with Crippen molar-refractivity contribution in [3.8, 4) is 0 Å². The van der Waals surface area contributed by atoms with Gasteiger partial charge in [0.25, 0.3) is 0 Å². The van der Waals surface area contributed by atoms with Gasteiger partial charge in [-0.15, -0.1) is 0 Å². The topological polar surface area (TPSA) is 74.6 Å². The molecule has 0 spiro atoms. The van der Waals surface area contributed by atoms with Crippen LogP contribution in [0.4, 0.5) is 0 Å². The summed E-state index contributed by atoms with van der Waals surface area (Å²) in [5.41, 5.74) is -0.771. The van der Waals surface area contributed by atoms with Crippen LogP contribution >= 0.6 is 0 Å². The summed E-state index contributed by atoms with van der Waals surface area (Å²) in [5.74, 6) is 0. The van der Waals surface area contributed by atoms with Crippen LogP contribution in [-0.4, -0.2) is 30.5 Å². The Morgan fingerprint density at radius 3 is 1.94 bits per heavy atom. The van der Waals surface area contributed by atoms with Crippen molar-refractivity contribution < 1.29 is 18.6 Å². The Kier molecular flexibility index (Phi) is 3.42. The lowest BCUT2D eigenvalue weighted by Crippen LogP contribution is -2.28. The summed E-state index contributed by atoms with van der Waals surface area (Å²) in [6.45, 7) is 2.98. The first-order chi connectivity index (χ1) is 7.12. The number of hydrogen-bond acceptors (Lipinski definition) is 4. The molecule has 0 saturated heterocycles. The van der Waals surface area contributed by atoms with E-state index in [9.17, 15) is 18.6 Å². The summed E-state index contributed by atoms with van der Waals surface area (Å²) in [7, 11) is -3.22. The molecule has 0 aliphatic heterocycles. The minimum absolute atomic E-state index is 0.194. The van der Waals surface area contributed by atoms with Crippen LogP contribution in [-0.2, 0) is 9.84 Å². The van der Waals surface area contributed by atoms with Crippen molar-refractivity contribution in [3.63, 3.8) is 0 Å². The molecule has 1 aromatic carbocycles. The molecule has 4 nitrogen and oxygen atoms in total. The van der Waals surface area contributed by atoms with Gasteiger partial charge in [-0.3, -0.25) is 0 Å². The van der Waals surface area contributed by atoms with Gasteiger partial charge in [0.15, 0.2) is 9.84 Å². The molecule has 0 bridgehead atoms. The number of aliphatic hydroxyl groups is 2. The van der Waals surface area contributed by atoms with Crippen LogP contribution in [0.1, 0.15) is 25.5 Å². The van der Waals surface area contributed by atoms with E-state index >= 15 is 0 Å². The molecule has 0 heterocycles. The lowest BCUT2D eigenvalue weighted by Gasteiger charge is -2.24. The number of rotatable bonds is 3. The number of hydrogen-bond donors (Lipinski definition) is 2. The molecule has 1 atom stereocenters. The molecule has 0 radical (unpaired) electrons. The maximum Gasteiger partial charge on any atom is 0.175 e. The normalized spacial score (nSPS) is 14.8. The quantitative estimate of drug-likeness (QED) is 0.828. The number of benzene rings is 1. The van der Waals surface area contributed by atoms with E-state index in [1.165, 1.54) is 38.1 Å². The molecule has 1 unspecified atom stereocenters. The van der Waals surface area contributed by atoms with Gasteiger partial charge >= 0.3 is 0 Å². The second-order valence-corrected chi connectivity index (χ2v) is 6.41. The lowest BCUT2D eigenvalue weighted by atomic mass is 9.95. The molecule has 0 aliphatic carbocycles. The molecule has 5 heteroatoms. The minimum Gasteiger partial charge on any atom is -0.387 e. The van der Waals surface area contributed by atoms with E-state index in [4.69, 9.17) is 0 Å². The zero-order valence-corrected chi connectivity index (χ0v) is 10.3. The Hall–Kier alpha value is -0.910. The molecule has 1 rings (SSSR count). The Labute approximate surface area is 95.5 Å². The molecular formula is C11H16O4S. The van der Waals surface area contributed by atoms with Gasteiger partial charge in [-0.1, -0.05) is 12.1 Å². The van der Waals surface area contributed by atoms with Crippen molar-refractivity contribution in [3.05, 3.63) is 29.8 Å². The van der Waals surface area contributed by atoms with Gasteiger partial charge in [-0.25, -0.2) is 8.42 Å². The molecule has 0 aliphatic rings. The fraction of sp³-hybridized carbons (Fsp3) is 0.455. The lowest BCUT2D eigenvalue weighted by molar-refractivity contribution is -0.0497. The summed E-state index contributed by atoms with van der Waals surface area (Å²) in [6.07, 6.45) is 0.0788. The average Bonchev–Trinajstić information content (AvgIpc) is 2.14. The molecule has 90 valence electrons. The molecule has 2 N–H and O–H groups in total. The Bertz CT molecular complexity index is 454. The summed E-state index contributed by atoms with van der Waals surface area (Å²) < 4.78 is 22.4. The van der Waals surface area contributed by atoms with Crippen LogP contribution in [0.15, 0.2) is 29.2 Å². The Morgan fingerprint density at radius 2 is 1.62 bits per heavy atom. The summed E-state index contributed by atoms with van der Waals surface area (Å²) in [4.78, 5) is 0.194. The maximum absolute atomic E-state index is 11.2. The first-order valence-corrected chi connectivity index (χ1v) is 6.72. The van der Waals surface area contributed by atoms with E-state index in [0.29, 0.717) is 5.56 Å². The van der Waals surface area contributed by atoms with Gasteiger partial charge in [-0.05, 0) is 31.5 Å². The molecule has 1 aromatic rings. The van der Waals surface area contributed by atoms with E-state index in [-0.39, 0.29) is 4.90 Å². The van der Waals surface area contributed by atoms with Gasteiger partial charge < -0.3 is 10.2 Å². The first kappa shape index (κ1) is 13.2. The van der Waals surface area contributed by atoms with Crippen molar-refractivity contribution in [2.75, 3.05) is 6.26 Å².